The Balaban J connectivity index is 2.15. The molecule has 1 N–H and O–H groups in total. The lowest BCUT2D eigenvalue weighted by Gasteiger charge is -2.13. The number of hydrogen-bond donors (Lipinski definition) is 1. The maximum absolute atomic E-state index is 10.3. The van der Waals surface area contributed by atoms with Crippen molar-refractivity contribution in [1.29, 1.82) is 0 Å². The highest BCUT2D eigenvalue weighted by molar-refractivity contribution is 9.10. The zero-order chi connectivity index (χ0) is 13.8. The normalized spacial score (nSPS) is 12.4. The minimum absolute atomic E-state index is 0.555. The van der Waals surface area contributed by atoms with Crippen molar-refractivity contribution in [2.24, 2.45) is 0 Å². The zero-order valence-corrected chi connectivity index (χ0v) is 13.1. The molecule has 2 aromatic rings. The third kappa shape index (κ3) is 3.82. The van der Waals surface area contributed by atoms with Crippen LogP contribution in [0.2, 0.25) is 5.02 Å². The van der Waals surface area contributed by atoms with Crippen LogP contribution >= 0.6 is 27.5 Å². The van der Waals surface area contributed by atoms with Gasteiger partial charge in [-0.3, -0.25) is 0 Å². The first-order valence-electron chi connectivity index (χ1n) is 6.31. The van der Waals surface area contributed by atoms with Gasteiger partial charge in [-0.25, -0.2) is 0 Å². The molecule has 100 valence electrons. The topological polar surface area (TPSA) is 20.2 Å². The molecule has 1 unspecified atom stereocenters. The Morgan fingerprint density at radius 3 is 2.37 bits per heavy atom. The van der Waals surface area contributed by atoms with Crippen LogP contribution in [-0.4, -0.2) is 5.11 Å². The van der Waals surface area contributed by atoms with Crippen LogP contribution in [0.4, 0.5) is 0 Å². The average molecular weight is 340 g/mol. The van der Waals surface area contributed by atoms with E-state index in [1.165, 1.54) is 5.56 Å². The molecule has 3 heteroatoms. The largest absolute Gasteiger partial charge is 0.388 e. The highest BCUT2D eigenvalue weighted by Gasteiger charge is 2.12. The number of aryl methyl sites for hydroxylation is 1. The fraction of sp³-hybridized carbons (Fsp3) is 0.250. The molecule has 1 nitrogen and oxygen atoms in total. The summed E-state index contributed by atoms with van der Waals surface area (Å²) in [5.74, 6) is 0. The SMILES string of the molecule is CCc1ccc(CC(O)c2cc(Cl)ccc2Br)cc1. The molecule has 19 heavy (non-hydrogen) atoms. The quantitative estimate of drug-likeness (QED) is 0.836. The molecule has 0 heterocycles. The van der Waals surface area contributed by atoms with Gasteiger partial charge in [0.1, 0.15) is 0 Å². The molecular weight excluding hydrogens is 324 g/mol. The molecule has 2 rings (SSSR count). The van der Waals surface area contributed by atoms with Gasteiger partial charge in [0.15, 0.2) is 0 Å². The van der Waals surface area contributed by atoms with Gasteiger partial charge >= 0.3 is 0 Å². The van der Waals surface area contributed by atoms with Crippen LogP contribution in [0.1, 0.15) is 29.7 Å². The van der Waals surface area contributed by atoms with Crippen LogP contribution in [-0.2, 0) is 12.8 Å². The number of aliphatic hydroxyl groups is 1. The molecule has 0 amide bonds. The van der Waals surface area contributed by atoms with Gasteiger partial charge in [-0.05, 0) is 41.3 Å². The number of aliphatic hydroxyl groups excluding tert-OH is 1. The Kier molecular flexibility index (Phi) is 5.03. The third-order valence-corrected chi connectivity index (χ3v) is 4.13. The lowest BCUT2D eigenvalue weighted by atomic mass is 10.0. The molecule has 0 saturated heterocycles. The molecule has 0 spiro atoms. The van der Waals surface area contributed by atoms with Crippen molar-refractivity contribution in [3.8, 4) is 0 Å². The summed E-state index contributed by atoms with van der Waals surface area (Å²) in [5, 5.41) is 11.0. The summed E-state index contributed by atoms with van der Waals surface area (Å²) < 4.78 is 0.884. The predicted molar refractivity (Wildman–Crippen MR) is 83.6 cm³/mol. The van der Waals surface area contributed by atoms with E-state index < -0.39 is 6.10 Å². The lowest BCUT2D eigenvalue weighted by Crippen LogP contribution is -2.03. The first-order chi connectivity index (χ1) is 9.10. The second-order valence-electron chi connectivity index (χ2n) is 4.56. The van der Waals surface area contributed by atoms with E-state index in [9.17, 15) is 5.11 Å². The van der Waals surface area contributed by atoms with E-state index in [-0.39, 0.29) is 0 Å². The molecule has 0 fully saturated rings. The molecule has 1 atom stereocenters. The lowest BCUT2D eigenvalue weighted by molar-refractivity contribution is 0.177. The van der Waals surface area contributed by atoms with E-state index in [0.717, 1.165) is 22.0 Å². The van der Waals surface area contributed by atoms with E-state index >= 15 is 0 Å². The van der Waals surface area contributed by atoms with Crippen molar-refractivity contribution in [2.75, 3.05) is 0 Å². The Morgan fingerprint density at radius 1 is 1.11 bits per heavy atom. The Hall–Kier alpha value is -0.830. The Bertz CT molecular complexity index is 551. The van der Waals surface area contributed by atoms with E-state index in [1.54, 1.807) is 12.1 Å². The summed E-state index contributed by atoms with van der Waals surface area (Å²) in [6.45, 7) is 2.13. The van der Waals surface area contributed by atoms with Crippen molar-refractivity contribution in [2.45, 2.75) is 25.9 Å². The maximum Gasteiger partial charge on any atom is 0.0841 e. The van der Waals surface area contributed by atoms with Crippen LogP contribution in [0, 0.1) is 0 Å². The number of halogens is 2. The molecule has 2 aromatic carbocycles. The fourth-order valence-corrected chi connectivity index (χ4v) is 2.71. The first-order valence-corrected chi connectivity index (χ1v) is 7.48. The molecule has 0 aromatic heterocycles. The van der Waals surface area contributed by atoms with E-state index in [0.29, 0.717) is 11.4 Å². The van der Waals surface area contributed by atoms with Crippen LogP contribution in [0.5, 0.6) is 0 Å². The number of rotatable bonds is 4. The van der Waals surface area contributed by atoms with Gasteiger partial charge < -0.3 is 5.11 Å². The van der Waals surface area contributed by atoms with Crippen LogP contribution in [0.25, 0.3) is 0 Å². The Morgan fingerprint density at radius 2 is 1.74 bits per heavy atom. The first kappa shape index (κ1) is 14.6. The Labute approximate surface area is 127 Å². The van der Waals surface area contributed by atoms with Crippen molar-refractivity contribution in [3.05, 3.63) is 68.7 Å². The third-order valence-electron chi connectivity index (χ3n) is 3.18. The van der Waals surface area contributed by atoms with Gasteiger partial charge in [0.25, 0.3) is 0 Å². The van der Waals surface area contributed by atoms with Gasteiger partial charge in [-0.1, -0.05) is 58.7 Å². The molecule has 0 aliphatic rings. The zero-order valence-electron chi connectivity index (χ0n) is 10.7. The second kappa shape index (κ2) is 6.56. The van der Waals surface area contributed by atoms with E-state index in [4.69, 9.17) is 11.6 Å². The highest BCUT2D eigenvalue weighted by atomic mass is 79.9. The monoisotopic (exact) mass is 338 g/mol. The summed E-state index contributed by atoms with van der Waals surface area (Å²) in [4.78, 5) is 0. The van der Waals surface area contributed by atoms with Gasteiger partial charge in [0.2, 0.25) is 0 Å². The molecule has 0 saturated carbocycles. The van der Waals surface area contributed by atoms with Crippen LogP contribution in [0.3, 0.4) is 0 Å². The van der Waals surface area contributed by atoms with Crippen molar-refractivity contribution in [1.82, 2.24) is 0 Å². The summed E-state index contributed by atoms with van der Waals surface area (Å²) >= 11 is 9.42. The van der Waals surface area contributed by atoms with Gasteiger partial charge in [0, 0.05) is 15.9 Å². The summed E-state index contributed by atoms with van der Waals surface area (Å²) in [6, 6.07) is 13.8. The average Bonchev–Trinajstić information content (AvgIpc) is 2.42. The van der Waals surface area contributed by atoms with Gasteiger partial charge in [-0.15, -0.1) is 0 Å². The fourth-order valence-electron chi connectivity index (χ4n) is 2.01. The second-order valence-corrected chi connectivity index (χ2v) is 5.85. The molecular formula is C16H16BrClO. The molecule has 0 aliphatic heterocycles. The number of hydrogen-bond acceptors (Lipinski definition) is 1. The summed E-state index contributed by atoms with van der Waals surface area (Å²) in [7, 11) is 0. The smallest absolute Gasteiger partial charge is 0.0841 e. The van der Waals surface area contributed by atoms with Crippen LogP contribution in [0.15, 0.2) is 46.9 Å². The summed E-state index contributed by atoms with van der Waals surface area (Å²) in [6.07, 6.45) is 1.06. The summed E-state index contributed by atoms with van der Waals surface area (Å²) in [5.41, 5.74) is 3.26. The minimum atomic E-state index is -0.555. The molecule has 0 radical (unpaired) electrons. The maximum atomic E-state index is 10.3. The minimum Gasteiger partial charge on any atom is -0.388 e. The van der Waals surface area contributed by atoms with Crippen molar-refractivity contribution in [3.63, 3.8) is 0 Å². The van der Waals surface area contributed by atoms with E-state index in [2.05, 4.69) is 47.1 Å². The van der Waals surface area contributed by atoms with Gasteiger partial charge in [0.05, 0.1) is 6.10 Å². The van der Waals surface area contributed by atoms with Crippen molar-refractivity contribution >= 4 is 27.5 Å². The standard InChI is InChI=1S/C16H16BrClO/c1-2-11-3-5-12(6-4-11)9-16(19)14-10-13(18)7-8-15(14)17/h3-8,10,16,19H,2,9H2,1H3. The highest BCUT2D eigenvalue weighted by Crippen LogP contribution is 2.28. The number of benzene rings is 2. The molecule has 0 bridgehead atoms. The predicted octanol–water partition coefficient (Wildman–Crippen LogP) is 4.94. The van der Waals surface area contributed by atoms with Crippen LogP contribution < -0.4 is 0 Å². The molecule has 0 aliphatic carbocycles. The van der Waals surface area contributed by atoms with Gasteiger partial charge in [-0.2, -0.15) is 0 Å². The van der Waals surface area contributed by atoms with E-state index in [1.807, 2.05) is 6.07 Å². The van der Waals surface area contributed by atoms with Crippen molar-refractivity contribution < 1.29 is 5.11 Å².